The second-order valence-corrected chi connectivity index (χ2v) is 7.79. The average molecular weight is 389 g/mol. The smallest absolute Gasteiger partial charge is 0.268 e. The molecule has 0 fully saturated rings. The van der Waals surface area contributed by atoms with Gasteiger partial charge >= 0.3 is 0 Å². The van der Waals surface area contributed by atoms with E-state index in [2.05, 4.69) is 6.58 Å². The molecular weight excluding hydrogens is 370 g/mol. The Morgan fingerprint density at radius 2 is 1.36 bits per heavy atom. The van der Waals surface area contributed by atoms with E-state index >= 15 is 0 Å². The topological polar surface area (TPSA) is 54.5 Å². The molecule has 0 saturated heterocycles. The Bertz CT molecular complexity index is 1090. The van der Waals surface area contributed by atoms with Gasteiger partial charge in [-0.15, -0.1) is 0 Å². The van der Waals surface area contributed by atoms with Crippen LogP contribution in [-0.4, -0.2) is 18.6 Å². The zero-order chi connectivity index (χ0) is 20.0. The number of benzene rings is 3. The molecule has 3 rings (SSSR count). The fourth-order valence-corrected chi connectivity index (χ4v) is 3.82. The zero-order valence-corrected chi connectivity index (χ0v) is 15.9. The van der Waals surface area contributed by atoms with Crippen molar-refractivity contribution in [1.29, 1.82) is 0 Å². The second-order valence-electron chi connectivity index (χ2n) is 5.97. The minimum absolute atomic E-state index is 0.0279. The summed E-state index contributed by atoms with van der Waals surface area (Å²) in [6.07, 6.45) is 4.51. The van der Waals surface area contributed by atoms with Crippen molar-refractivity contribution in [3.63, 3.8) is 0 Å². The van der Waals surface area contributed by atoms with Crippen LogP contribution in [0.5, 0.6) is 0 Å². The molecule has 5 heteroatoms. The normalized spacial score (nSPS) is 11.3. The molecule has 3 aromatic rings. The van der Waals surface area contributed by atoms with Crippen molar-refractivity contribution in [2.24, 2.45) is 0 Å². The van der Waals surface area contributed by atoms with Crippen LogP contribution in [0.4, 0.5) is 0 Å². The highest BCUT2D eigenvalue weighted by molar-refractivity contribution is 7.89. The van der Waals surface area contributed by atoms with Gasteiger partial charge in [0.2, 0.25) is 0 Å². The lowest BCUT2D eigenvalue weighted by atomic mass is 10.2. The van der Waals surface area contributed by atoms with Crippen LogP contribution in [0.2, 0.25) is 0 Å². The van der Waals surface area contributed by atoms with Gasteiger partial charge in [-0.25, -0.2) is 12.7 Å². The Balaban J connectivity index is 2.05. The summed E-state index contributed by atoms with van der Waals surface area (Å²) in [5, 5.41) is 0. The Labute approximate surface area is 165 Å². The first kappa shape index (κ1) is 19.3. The summed E-state index contributed by atoms with van der Waals surface area (Å²) < 4.78 is 27.2. The Morgan fingerprint density at radius 1 is 0.786 bits per heavy atom. The van der Waals surface area contributed by atoms with Crippen LogP contribution in [0.15, 0.2) is 103 Å². The van der Waals surface area contributed by atoms with E-state index in [0.717, 1.165) is 15.4 Å². The summed E-state index contributed by atoms with van der Waals surface area (Å²) >= 11 is 0. The number of hydrogen-bond acceptors (Lipinski definition) is 3. The molecule has 4 nitrogen and oxygen atoms in total. The summed E-state index contributed by atoms with van der Waals surface area (Å²) in [6.45, 7) is 3.66. The standard InChI is InChI=1S/C23H19NO3S/c1-2-19-13-15-22(16-14-19)28(26,27)24(18-17-20-9-5-3-6-10-20)23(25)21-11-7-4-8-12-21/h2-18H,1H2. The van der Waals surface area contributed by atoms with Gasteiger partial charge in [-0.1, -0.05) is 73.3 Å². The Kier molecular flexibility index (Phi) is 5.87. The summed E-state index contributed by atoms with van der Waals surface area (Å²) in [5.41, 5.74) is 1.86. The zero-order valence-electron chi connectivity index (χ0n) is 15.1. The van der Waals surface area contributed by atoms with E-state index in [1.54, 1.807) is 54.6 Å². The van der Waals surface area contributed by atoms with E-state index in [9.17, 15) is 13.2 Å². The molecule has 0 radical (unpaired) electrons. The molecule has 0 unspecified atom stereocenters. The molecule has 1 amide bonds. The molecule has 0 saturated carbocycles. The average Bonchev–Trinajstić information content (AvgIpc) is 2.75. The molecule has 3 aromatic carbocycles. The molecule has 28 heavy (non-hydrogen) atoms. The van der Waals surface area contributed by atoms with E-state index in [1.165, 1.54) is 18.3 Å². The third-order valence-corrected chi connectivity index (χ3v) is 5.77. The van der Waals surface area contributed by atoms with Gasteiger partial charge in [0.25, 0.3) is 15.9 Å². The molecule has 0 N–H and O–H groups in total. The van der Waals surface area contributed by atoms with Crippen LogP contribution >= 0.6 is 0 Å². The molecule has 0 atom stereocenters. The summed E-state index contributed by atoms with van der Waals surface area (Å²) in [7, 11) is -4.08. The first-order valence-corrected chi connectivity index (χ1v) is 10.1. The Hall–Kier alpha value is -3.44. The molecule has 140 valence electrons. The minimum Gasteiger partial charge on any atom is -0.268 e. The number of hydrogen-bond donors (Lipinski definition) is 0. The van der Waals surface area contributed by atoms with E-state index in [-0.39, 0.29) is 10.5 Å². The van der Waals surface area contributed by atoms with Crippen molar-refractivity contribution in [1.82, 2.24) is 4.31 Å². The molecule has 0 aromatic heterocycles. The molecule has 0 aliphatic carbocycles. The third kappa shape index (κ3) is 4.27. The summed E-state index contributed by atoms with van der Waals surface area (Å²) in [5.74, 6) is -0.624. The van der Waals surface area contributed by atoms with Crippen molar-refractivity contribution >= 4 is 28.1 Å². The lowest BCUT2D eigenvalue weighted by Crippen LogP contribution is -2.32. The van der Waals surface area contributed by atoms with Crippen LogP contribution in [0.25, 0.3) is 12.2 Å². The van der Waals surface area contributed by atoms with E-state index < -0.39 is 15.9 Å². The van der Waals surface area contributed by atoms with Gasteiger partial charge in [-0.3, -0.25) is 4.79 Å². The quantitative estimate of drug-likeness (QED) is 0.607. The van der Waals surface area contributed by atoms with Crippen LogP contribution in [-0.2, 0) is 10.0 Å². The molecule has 0 spiro atoms. The number of sulfonamides is 1. The van der Waals surface area contributed by atoms with Gasteiger partial charge in [0.1, 0.15) is 0 Å². The first-order valence-electron chi connectivity index (χ1n) is 8.62. The van der Waals surface area contributed by atoms with E-state index in [1.807, 2.05) is 30.3 Å². The van der Waals surface area contributed by atoms with Gasteiger partial charge in [0.15, 0.2) is 0 Å². The number of amides is 1. The molecule has 0 aliphatic rings. The largest absolute Gasteiger partial charge is 0.271 e. The number of nitrogens with zero attached hydrogens (tertiary/aromatic N) is 1. The lowest BCUT2D eigenvalue weighted by Gasteiger charge is -2.19. The third-order valence-electron chi connectivity index (χ3n) is 4.10. The monoisotopic (exact) mass is 389 g/mol. The minimum atomic E-state index is -4.08. The van der Waals surface area contributed by atoms with Gasteiger partial charge in [-0.2, -0.15) is 0 Å². The fraction of sp³-hybridized carbons (Fsp3) is 0. The van der Waals surface area contributed by atoms with Crippen LogP contribution in [0.3, 0.4) is 0 Å². The molecule has 0 heterocycles. The number of rotatable bonds is 6. The second kappa shape index (κ2) is 8.50. The van der Waals surface area contributed by atoms with Crippen molar-refractivity contribution in [2.45, 2.75) is 4.90 Å². The maximum absolute atomic E-state index is 13.2. The van der Waals surface area contributed by atoms with Crippen LogP contribution in [0.1, 0.15) is 21.5 Å². The van der Waals surface area contributed by atoms with E-state index in [4.69, 9.17) is 0 Å². The van der Waals surface area contributed by atoms with Gasteiger partial charge < -0.3 is 0 Å². The number of carbonyl (C=O) groups excluding carboxylic acids is 1. The number of carbonyl (C=O) groups is 1. The van der Waals surface area contributed by atoms with Gasteiger partial charge in [0, 0.05) is 11.8 Å². The highest BCUT2D eigenvalue weighted by Crippen LogP contribution is 2.21. The predicted molar refractivity (Wildman–Crippen MR) is 112 cm³/mol. The first-order chi connectivity index (χ1) is 13.5. The molecule has 0 aliphatic heterocycles. The van der Waals surface area contributed by atoms with Crippen LogP contribution < -0.4 is 0 Å². The fourth-order valence-electron chi connectivity index (χ4n) is 2.57. The van der Waals surface area contributed by atoms with Crippen molar-refractivity contribution in [3.05, 3.63) is 114 Å². The van der Waals surface area contributed by atoms with Crippen molar-refractivity contribution in [3.8, 4) is 0 Å². The summed E-state index contributed by atoms with van der Waals surface area (Å²) in [4.78, 5) is 13.0. The van der Waals surface area contributed by atoms with Crippen molar-refractivity contribution in [2.75, 3.05) is 0 Å². The van der Waals surface area contributed by atoms with E-state index in [0.29, 0.717) is 0 Å². The molecule has 0 bridgehead atoms. The van der Waals surface area contributed by atoms with Crippen molar-refractivity contribution < 1.29 is 13.2 Å². The highest BCUT2D eigenvalue weighted by Gasteiger charge is 2.28. The highest BCUT2D eigenvalue weighted by atomic mass is 32.2. The maximum Gasteiger partial charge on any atom is 0.271 e. The Morgan fingerprint density at radius 3 is 1.93 bits per heavy atom. The maximum atomic E-state index is 13.2. The van der Waals surface area contributed by atoms with Gasteiger partial charge in [-0.05, 0) is 41.5 Å². The SMILES string of the molecule is C=Cc1ccc(S(=O)(=O)N(C=Cc2ccccc2)C(=O)c2ccccc2)cc1. The molecular formula is C23H19NO3S. The lowest BCUT2D eigenvalue weighted by molar-refractivity contribution is 0.0899. The van der Waals surface area contributed by atoms with Crippen LogP contribution in [0, 0.1) is 0 Å². The summed E-state index contributed by atoms with van der Waals surface area (Å²) in [6, 6.07) is 23.7. The van der Waals surface area contributed by atoms with Gasteiger partial charge in [0.05, 0.1) is 4.90 Å². The predicted octanol–water partition coefficient (Wildman–Crippen LogP) is 4.83.